The van der Waals surface area contributed by atoms with Crippen molar-refractivity contribution < 1.29 is 4.42 Å². The van der Waals surface area contributed by atoms with Gasteiger partial charge in [-0.1, -0.05) is 6.42 Å². The zero-order valence-electron chi connectivity index (χ0n) is 9.96. The predicted molar refractivity (Wildman–Crippen MR) is 75.1 cm³/mol. The zero-order valence-corrected chi connectivity index (χ0v) is 12.4. The summed E-state index contributed by atoms with van der Waals surface area (Å²) < 4.78 is 6.29. The zero-order chi connectivity index (χ0) is 11.8. The van der Waals surface area contributed by atoms with E-state index < -0.39 is 0 Å². The van der Waals surface area contributed by atoms with Crippen molar-refractivity contribution in [3.63, 3.8) is 0 Å². The minimum Gasteiger partial charge on any atom is -0.453 e. The molecule has 0 fully saturated rings. The molecule has 1 aromatic heterocycles. The van der Waals surface area contributed by atoms with Crippen LogP contribution in [0.1, 0.15) is 38.0 Å². The van der Waals surface area contributed by atoms with E-state index in [1.54, 1.807) is 0 Å². The van der Waals surface area contributed by atoms with E-state index in [4.69, 9.17) is 4.42 Å². The molecular formula is C12H20BrNOS. The lowest BCUT2D eigenvalue weighted by molar-refractivity contribution is 0.415. The smallest absolute Gasteiger partial charge is 0.169 e. The van der Waals surface area contributed by atoms with Crippen LogP contribution in [0.25, 0.3) is 0 Å². The van der Waals surface area contributed by atoms with Crippen molar-refractivity contribution in [3.05, 3.63) is 22.6 Å². The number of unbranched alkanes of at least 4 members (excludes halogenated alkanes) is 2. The highest BCUT2D eigenvalue weighted by molar-refractivity contribution is 9.10. The maximum Gasteiger partial charge on any atom is 0.169 e. The molecule has 1 heterocycles. The van der Waals surface area contributed by atoms with E-state index in [0.29, 0.717) is 6.04 Å². The number of hydrogen-bond acceptors (Lipinski definition) is 3. The van der Waals surface area contributed by atoms with Crippen LogP contribution < -0.4 is 5.32 Å². The Kier molecular flexibility index (Phi) is 7.25. The molecule has 0 radical (unpaired) electrons. The van der Waals surface area contributed by atoms with Gasteiger partial charge >= 0.3 is 0 Å². The van der Waals surface area contributed by atoms with Gasteiger partial charge in [0.1, 0.15) is 5.76 Å². The summed E-state index contributed by atoms with van der Waals surface area (Å²) in [7, 11) is 0. The second-order valence-electron chi connectivity index (χ2n) is 3.87. The van der Waals surface area contributed by atoms with Gasteiger partial charge in [-0.3, -0.25) is 0 Å². The highest BCUT2D eigenvalue weighted by Crippen LogP contribution is 2.19. The summed E-state index contributed by atoms with van der Waals surface area (Å²) in [5.74, 6) is 2.27. The van der Waals surface area contributed by atoms with Crippen LogP contribution in [0.5, 0.6) is 0 Å². The number of nitrogens with one attached hydrogen (secondary N) is 1. The van der Waals surface area contributed by atoms with E-state index in [9.17, 15) is 0 Å². The molecule has 0 amide bonds. The molecule has 0 aliphatic heterocycles. The standard InChI is InChI=1S/C12H20BrNOS/c1-10(11-6-7-12(13)15-11)14-8-4-3-5-9-16-2/h6-7,10,14H,3-5,8-9H2,1-2H3. The number of rotatable bonds is 8. The predicted octanol–water partition coefficient (Wildman–Crippen LogP) is 4.23. The van der Waals surface area contributed by atoms with Crippen molar-refractivity contribution >= 4 is 27.7 Å². The molecule has 16 heavy (non-hydrogen) atoms. The minimum atomic E-state index is 0.298. The highest BCUT2D eigenvalue weighted by atomic mass is 79.9. The Labute approximate surface area is 111 Å². The number of furan rings is 1. The first-order valence-electron chi connectivity index (χ1n) is 5.71. The van der Waals surface area contributed by atoms with Crippen molar-refractivity contribution in [2.45, 2.75) is 32.2 Å². The molecule has 2 nitrogen and oxygen atoms in total. The van der Waals surface area contributed by atoms with Crippen molar-refractivity contribution in [1.82, 2.24) is 5.32 Å². The maximum atomic E-state index is 5.49. The first-order chi connectivity index (χ1) is 7.74. The molecule has 92 valence electrons. The van der Waals surface area contributed by atoms with Gasteiger partial charge in [-0.2, -0.15) is 11.8 Å². The van der Waals surface area contributed by atoms with E-state index in [1.165, 1.54) is 25.0 Å². The van der Waals surface area contributed by atoms with Gasteiger partial charge in [0.2, 0.25) is 0 Å². The fourth-order valence-electron chi connectivity index (χ4n) is 1.53. The van der Waals surface area contributed by atoms with Gasteiger partial charge < -0.3 is 9.73 Å². The van der Waals surface area contributed by atoms with Crippen LogP contribution >= 0.6 is 27.7 Å². The van der Waals surface area contributed by atoms with E-state index in [2.05, 4.69) is 34.4 Å². The normalized spacial score (nSPS) is 12.9. The molecule has 0 aromatic carbocycles. The Bertz CT molecular complexity index is 290. The lowest BCUT2D eigenvalue weighted by atomic mass is 10.2. The van der Waals surface area contributed by atoms with Crippen LogP contribution in [0.2, 0.25) is 0 Å². The average Bonchev–Trinajstić information content (AvgIpc) is 2.70. The van der Waals surface area contributed by atoms with Gasteiger partial charge in [0.25, 0.3) is 0 Å². The van der Waals surface area contributed by atoms with Crippen LogP contribution in [0.15, 0.2) is 21.2 Å². The van der Waals surface area contributed by atoms with Gasteiger partial charge in [0.15, 0.2) is 4.67 Å². The summed E-state index contributed by atoms with van der Waals surface area (Å²) in [6.45, 7) is 3.20. The van der Waals surface area contributed by atoms with Crippen LogP contribution in [0.3, 0.4) is 0 Å². The molecule has 1 unspecified atom stereocenters. The van der Waals surface area contributed by atoms with Gasteiger partial charge in [-0.05, 0) is 66.4 Å². The fraction of sp³-hybridized carbons (Fsp3) is 0.667. The molecule has 1 atom stereocenters. The second-order valence-corrected chi connectivity index (χ2v) is 5.64. The Hall–Kier alpha value is 0.0700. The third kappa shape index (κ3) is 5.41. The number of hydrogen-bond donors (Lipinski definition) is 1. The lowest BCUT2D eigenvalue weighted by Gasteiger charge is -2.10. The first kappa shape index (κ1) is 14.1. The number of halogens is 1. The van der Waals surface area contributed by atoms with Crippen LogP contribution in [0.4, 0.5) is 0 Å². The fourth-order valence-corrected chi connectivity index (χ4v) is 2.34. The highest BCUT2D eigenvalue weighted by Gasteiger charge is 2.08. The molecule has 1 N–H and O–H groups in total. The molecule has 0 aliphatic rings. The van der Waals surface area contributed by atoms with Gasteiger partial charge in [-0.25, -0.2) is 0 Å². The molecule has 0 aliphatic carbocycles. The van der Waals surface area contributed by atoms with Crippen molar-refractivity contribution in [2.75, 3.05) is 18.6 Å². The monoisotopic (exact) mass is 305 g/mol. The molecule has 1 aromatic rings. The molecular weight excluding hydrogens is 286 g/mol. The molecule has 1 rings (SSSR count). The van der Waals surface area contributed by atoms with E-state index in [0.717, 1.165) is 17.0 Å². The van der Waals surface area contributed by atoms with Gasteiger partial charge in [0.05, 0.1) is 6.04 Å². The summed E-state index contributed by atoms with van der Waals surface area (Å²) in [5, 5.41) is 3.47. The first-order valence-corrected chi connectivity index (χ1v) is 7.90. The molecule has 0 bridgehead atoms. The van der Waals surface area contributed by atoms with Crippen LogP contribution in [-0.2, 0) is 0 Å². The van der Waals surface area contributed by atoms with Crippen LogP contribution in [-0.4, -0.2) is 18.6 Å². The molecule has 0 saturated carbocycles. The van der Waals surface area contributed by atoms with E-state index in [1.807, 2.05) is 23.9 Å². The summed E-state index contributed by atoms with van der Waals surface area (Å²) >= 11 is 5.24. The molecule has 0 saturated heterocycles. The van der Waals surface area contributed by atoms with Crippen molar-refractivity contribution in [1.29, 1.82) is 0 Å². The third-order valence-electron chi connectivity index (χ3n) is 2.50. The lowest BCUT2D eigenvalue weighted by Crippen LogP contribution is -2.19. The van der Waals surface area contributed by atoms with Crippen LogP contribution in [0, 0.1) is 0 Å². The Morgan fingerprint density at radius 3 is 2.81 bits per heavy atom. The Morgan fingerprint density at radius 1 is 1.38 bits per heavy atom. The Morgan fingerprint density at radius 2 is 2.19 bits per heavy atom. The van der Waals surface area contributed by atoms with Crippen molar-refractivity contribution in [2.24, 2.45) is 0 Å². The minimum absolute atomic E-state index is 0.298. The summed E-state index contributed by atoms with van der Waals surface area (Å²) in [6.07, 6.45) is 6.04. The van der Waals surface area contributed by atoms with Crippen molar-refractivity contribution in [3.8, 4) is 0 Å². The van der Waals surface area contributed by atoms with E-state index in [-0.39, 0.29) is 0 Å². The quantitative estimate of drug-likeness (QED) is 0.728. The Balaban J connectivity index is 2.09. The van der Waals surface area contributed by atoms with Gasteiger partial charge in [0, 0.05) is 0 Å². The maximum absolute atomic E-state index is 5.49. The topological polar surface area (TPSA) is 25.2 Å². The largest absolute Gasteiger partial charge is 0.453 e. The summed E-state index contributed by atoms with van der Waals surface area (Å²) in [5.41, 5.74) is 0. The summed E-state index contributed by atoms with van der Waals surface area (Å²) in [4.78, 5) is 0. The van der Waals surface area contributed by atoms with Gasteiger partial charge in [-0.15, -0.1) is 0 Å². The average molecular weight is 306 g/mol. The third-order valence-corrected chi connectivity index (χ3v) is 3.62. The second kappa shape index (κ2) is 8.20. The van der Waals surface area contributed by atoms with E-state index >= 15 is 0 Å². The number of thioether (sulfide) groups is 1. The SMILES string of the molecule is CSCCCCCNC(C)c1ccc(Br)o1. The molecule has 4 heteroatoms. The molecule has 0 spiro atoms. The summed E-state index contributed by atoms with van der Waals surface area (Å²) in [6, 6.07) is 4.24.